The zero-order valence-corrected chi connectivity index (χ0v) is 15.2. The van der Waals surface area contributed by atoms with Crippen LogP contribution in [0.2, 0.25) is 0 Å². The van der Waals surface area contributed by atoms with Gasteiger partial charge in [0.25, 0.3) is 0 Å². The monoisotopic (exact) mass is 344 g/mol. The molecule has 2 aromatic carbocycles. The van der Waals surface area contributed by atoms with Gasteiger partial charge in [-0.2, -0.15) is 0 Å². The number of hydrogen-bond acceptors (Lipinski definition) is 4. The lowest BCUT2D eigenvalue weighted by atomic mass is 10.0. The first-order chi connectivity index (χ1) is 12.7. The maximum absolute atomic E-state index is 5.77. The molecule has 0 aliphatic carbocycles. The summed E-state index contributed by atoms with van der Waals surface area (Å²) in [6, 6.07) is 18.8. The summed E-state index contributed by atoms with van der Waals surface area (Å²) < 4.78 is 0. The van der Waals surface area contributed by atoms with E-state index in [0.29, 0.717) is 0 Å². The highest BCUT2D eigenvalue weighted by molar-refractivity contribution is 5.65. The fraction of sp³-hybridized carbons (Fsp3) is 0.273. The standard InChI is InChI=1S/C22H24N4/c1-16-24-21(15-22(25-16)26-12-2-3-13-26)14-17-4-6-18(7-5-17)19-8-10-20(23)11-9-19/h4-11,15H,2-3,12-14,23H2,1H3. The molecule has 1 aliphatic heterocycles. The van der Waals surface area contributed by atoms with Crippen LogP contribution in [0, 0.1) is 6.92 Å². The van der Waals surface area contributed by atoms with Gasteiger partial charge in [0, 0.05) is 31.3 Å². The summed E-state index contributed by atoms with van der Waals surface area (Å²) in [5.41, 5.74) is 11.3. The number of rotatable bonds is 4. The van der Waals surface area contributed by atoms with Crippen molar-refractivity contribution >= 4 is 11.5 Å². The molecule has 0 amide bonds. The van der Waals surface area contributed by atoms with Crippen molar-refractivity contribution in [2.75, 3.05) is 23.7 Å². The molecule has 0 unspecified atom stereocenters. The molecule has 3 aromatic rings. The Labute approximate surface area is 154 Å². The van der Waals surface area contributed by atoms with Gasteiger partial charge in [-0.3, -0.25) is 0 Å². The van der Waals surface area contributed by atoms with E-state index in [2.05, 4.69) is 57.3 Å². The maximum Gasteiger partial charge on any atom is 0.132 e. The Kier molecular flexibility index (Phi) is 4.57. The third-order valence-electron chi connectivity index (χ3n) is 4.89. The van der Waals surface area contributed by atoms with Crippen molar-refractivity contribution in [2.24, 2.45) is 0 Å². The van der Waals surface area contributed by atoms with Crippen molar-refractivity contribution in [3.05, 3.63) is 71.7 Å². The molecule has 0 bridgehead atoms. The van der Waals surface area contributed by atoms with Gasteiger partial charge in [-0.1, -0.05) is 36.4 Å². The summed E-state index contributed by atoms with van der Waals surface area (Å²) >= 11 is 0. The van der Waals surface area contributed by atoms with Crippen LogP contribution in [0.25, 0.3) is 11.1 Å². The highest BCUT2D eigenvalue weighted by atomic mass is 15.2. The van der Waals surface area contributed by atoms with Gasteiger partial charge in [-0.05, 0) is 48.6 Å². The van der Waals surface area contributed by atoms with E-state index in [-0.39, 0.29) is 0 Å². The number of nitrogen functional groups attached to an aromatic ring is 1. The molecule has 1 fully saturated rings. The Morgan fingerprint density at radius 2 is 1.50 bits per heavy atom. The largest absolute Gasteiger partial charge is 0.399 e. The topological polar surface area (TPSA) is 55.0 Å². The average molecular weight is 344 g/mol. The van der Waals surface area contributed by atoms with Crippen molar-refractivity contribution < 1.29 is 0 Å². The Morgan fingerprint density at radius 3 is 2.15 bits per heavy atom. The second-order valence-electron chi connectivity index (χ2n) is 6.95. The van der Waals surface area contributed by atoms with Crippen LogP contribution < -0.4 is 10.6 Å². The second-order valence-corrected chi connectivity index (χ2v) is 6.95. The van der Waals surface area contributed by atoms with E-state index in [1.165, 1.54) is 29.5 Å². The lowest BCUT2D eigenvalue weighted by molar-refractivity contribution is 0.888. The number of anilines is 2. The molecule has 1 saturated heterocycles. The van der Waals surface area contributed by atoms with E-state index < -0.39 is 0 Å². The van der Waals surface area contributed by atoms with Gasteiger partial charge >= 0.3 is 0 Å². The minimum absolute atomic E-state index is 0.790. The van der Waals surface area contributed by atoms with Crippen LogP contribution in [-0.4, -0.2) is 23.1 Å². The highest BCUT2D eigenvalue weighted by Gasteiger charge is 2.15. The van der Waals surface area contributed by atoms with Crippen molar-refractivity contribution in [1.29, 1.82) is 0 Å². The normalized spacial score (nSPS) is 14.0. The lowest BCUT2D eigenvalue weighted by Crippen LogP contribution is -2.20. The third kappa shape index (κ3) is 3.69. The van der Waals surface area contributed by atoms with Crippen LogP contribution >= 0.6 is 0 Å². The number of aryl methyl sites for hydroxylation is 1. The van der Waals surface area contributed by atoms with E-state index in [9.17, 15) is 0 Å². The first-order valence-electron chi connectivity index (χ1n) is 9.22. The summed E-state index contributed by atoms with van der Waals surface area (Å²) in [5.74, 6) is 1.92. The van der Waals surface area contributed by atoms with Crippen LogP contribution in [0.15, 0.2) is 54.6 Å². The van der Waals surface area contributed by atoms with Crippen LogP contribution in [0.1, 0.15) is 29.9 Å². The van der Waals surface area contributed by atoms with E-state index in [1.807, 2.05) is 19.1 Å². The van der Waals surface area contributed by atoms with Gasteiger partial charge in [0.15, 0.2) is 0 Å². The number of nitrogens with two attached hydrogens (primary N) is 1. The Balaban J connectivity index is 1.53. The van der Waals surface area contributed by atoms with Gasteiger partial charge in [-0.15, -0.1) is 0 Å². The number of aromatic nitrogens is 2. The molecule has 2 N–H and O–H groups in total. The lowest BCUT2D eigenvalue weighted by Gasteiger charge is -2.17. The molecule has 4 rings (SSSR count). The Hall–Kier alpha value is -2.88. The number of hydrogen-bond donors (Lipinski definition) is 1. The van der Waals surface area contributed by atoms with E-state index >= 15 is 0 Å². The number of benzene rings is 2. The molecule has 0 atom stereocenters. The summed E-state index contributed by atoms with van der Waals surface area (Å²) in [5, 5.41) is 0. The van der Waals surface area contributed by atoms with Crippen molar-refractivity contribution in [2.45, 2.75) is 26.2 Å². The minimum atomic E-state index is 0.790. The smallest absolute Gasteiger partial charge is 0.132 e. The highest BCUT2D eigenvalue weighted by Crippen LogP contribution is 2.23. The predicted molar refractivity (Wildman–Crippen MR) is 107 cm³/mol. The molecule has 4 heteroatoms. The first-order valence-corrected chi connectivity index (χ1v) is 9.22. The quantitative estimate of drug-likeness (QED) is 0.720. The van der Waals surface area contributed by atoms with Crippen molar-refractivity contribution in [3.63, 3.8) is 0 Å². The molecule has 4 nitrogen and oxygen atoms in total. The zero-order chi connectivity index (χ0) is 17.9. The fourth-order valence-electron chi connectivity index (χ4n) is 3.51. The number of nitrogens with zero attached hydrogens (tertiary/aromatic N) is 3. The summed E-state index contributed by atoms with van der Waals surface area (Å²) in [7, 11) is 0. The van der Waals surface area contributed by atoms with Crippen LogP contribution in [0.5, 0.6) is 0 Å². The van der Waals surface area contributed by atoms with Gasteiger partial charge in [0.2, 0.25) is 0 Å². The van der Waals surface area contributed by atoms with Crippen molar-refractivity contribution in [3.8, 4) is 11.1 Å². The molecule has 0 spiro atoms. The van der Waals surface area contributed by atoms with Crippen LogP contribution in [-0.2, 0) is 6.42 Å². The minimum Gasteiger partial charge on any atom is -0.399 e. The summed E-state index contributed by atoms with van der Waals surface area (Å²) in [4.78, 5) is 11.6. The maximum atomic E-state index is 5.77. The van der Waals surface area contributed by atoms with Crippen LogP contribution in [0.3, 0.4) is 0 Å². The average Bonchev–Trinajstić information content (AvgIpc) is 3.17. The fourth-order valence-corrected chi connectivity index (χ4v) is 3.51. The van der Waals surface area contributed by atoms with Crippen molar-refractivity contribution in [1.82, 2.24) is 9.97 Å². The molecule has 0 radical (unpaired) electrons. The molecule has 0 saturated carbocycles. The summed E-state index contributed by atoms with van der Waals surface area (Å²) in [6.07, 6.45) is 3.34. The molecule has 1 aromatic heterocycles. The molecule has 1 aliphatic rings. The molecular weight excluding hydrogens is 320 g/mol. The third-order valence-corrected chi connectivity index (χ3v) is 4.89. The Bertz CT molecular complexity index is 879. The predicted octanol–water partition coefficient (Wildman–Crippen LogP) is 4.23. The SMILES string of the molecule is Cc1nc(Cc2ccc(-c3ccc(N)cc3)cc2)cc(N2CCCC2)n1. The van der Waals surface area contributed by atoms with E-state index in [4.69, 9.17) is 5.73 Å². The van der Waals surface area contributed by atoms with Gasteiger partial charge in [0.05, 0.1) is 5.69 Å². The van der Waals surface area contributed by atoms with Gasteiger partial charge in [0.1, 0.15) is 11.6 Å². The second kappa shape index (κ2) is 7.16. The molecule has 26 heavy (non-hydrogen) atoms. The molecule has 2 heterocycles. The molecule has 132 valence electrons. The first kappa shape index (κ1) is 16.6. The Morgan fingerprint density at radius 1 is 0.885 bits per heavy atom. The van der Waals surface area contributed by atoms with E-state index in [0.717, 1.165) is 42.5 Å². The summed E-state index contributed by atoms with van der Waals surface area (Å²) in [6.45, 7) is 4.19. The molecular formula is C22H24N4. The van der Waals surface area contributed by atoms with Crippen LogP contribution in [0.4, 0.5) is 11.5 Å². The van der Waals surface area contributed by atoms with Gasteiger partial charge < -0.3 is 10.6 Å². The van der Waals surface area contributed by atoms with Gasteiger partial charge in [-0.25, -0.2) is 9.97 Å². The zero-order valence-electron chi connectivity index (χ0n) is 15.2. The van der Waals surface area contributed by atoms with E-state index in [1.54, 1.807) is 0 Å².